The molecule has 0 bridgehead atoms. The second kappa shape index (κ2) is 5.34. The maximum atomic E-state index is 9.43. The van der Waals surface area contributed by atoms with Gasteiger partial charge in [-0.1, -0.05) is 10.4 Å². The van der Waals surface area contributed by atoms with Crippen LogP contribution in [0.5, 0.6) is 0 Å². The predicted octanol–water partition coefficient (Wildman–Crippen LogP) is 1.28. The smallest absolute Gasteiger partial charge is 0.138 e. The van der Waals surface area contributed by atoms with Crippen LogP contribution >= 0.6 is 0 Å². The van der Waals surface area contributed by atoms with Crippen molar-refractivity contribution in [3.8, 4) is 0 Å². The topological polar surface area (TPSA) is 86.2 Å². The zero-order chi connectivity index (χ0) is 14.1. The zero-order valence-corrected chi connectivity index (χ0v) is 11.7. The Labute approximate surface area is 116 Å². The third-order valence-electron chi connectivity index (χ3n) is 3.72. The van der Waals surface area contributed by atoms with E-state index in [-0.39, 0.29) is 12.7 Å². The van der Waals surface area contributed by atoms with E-state index in [0.717, 1.165) is 42.2 Å². The maximum absolute atomic E-state index is 9.43. The highest BCUT2D eigenvalue weighted by molar-refractivity contribution is 5.23. The molecule has 1 aliphatic heterocycles. The molecule has 1 fully saturated rings. The minimum absolute atomic E-state index is 0.0346. The van der Waals surface area contributed by atoms with E-state index < -0.39 is 0 Å². The van der Waals surface area contributed by atoms with Crippen molar-refractivity contribution in [3.63, 3.8) is 0 Å². The molecule has 3 heterocycles. The molecule has 3 rings (SSSR count). The normalized spacial score (nSPS) is 18.9. The summed E-state index contributed by atoms with van der Waals surface area (Å²) >= 11 is 0. The lowest BCUT2D eigenvalue weighted by Gasteiger charge is -2.13. The third-order valence-corrected chi connectivity index (χ3v) is 3.72. The fourth-order valence-corrected chi connectivity index (χ4v) is 2.61. The van der Waals surface area contributed by atoms with Crippen LogP contribution in [0, 0.1) is 13.8 Å². The van der Waals surface area contributed by atoms with Crippen LogP contribution in [0.25, 0.3) is 0 Å². The van der Waals surface area contributed by atoms with Gasteiger partial charge in [0.2, 0.25) is 0 Å². The van der Waals surface area contributed by atoms with Gasteiger partial charge in [0.1, 0.15) is 17.6 Å². The van der Waals surface area contributed by atoms with E-state index in [4.69, 9.17) is 9.26 Å². The second-order valence-electron chi connectivity index (χ2n) is 5.04. The van der Waals surface area contributed by atoms with E-state index in [0.29, 0.717) is 12.2 Å². The van der Waals surface area contributed by atoms with Gasteiger partial charge >= 0.3 is 0 Å². The number of rotatable bonds is 4. The molecule has 1 saturated heterocycles. The highest BCUT2D eigenvalue weighted by Gasteiger charge is 2.27. The molecule has 2 aromatic heterocycles. The predicted molar refractivity (Wildman–Crippen MR) is 69.0 cm³/mol. The number of nitrogens with zero attached hydrogens (tertiary/aromatic N) is 4. The summed E-state index contributed by atoms with van der Waals surface area (Å²) in [6.07, 6.45) is 1.92. The number of hydrogen-bond acceptors (Lipinski definition) is 6. The fraction of sp³-hybridized carbons (Fsp3) is 0.615. The first-order chi connectivity index (χ1) is 9.70. The van der Waals surface area contributed by atoms with Crippen LogP contribution in [0.4, 0.5) is 0 Å². The Bertz CT molecular complexity index is 579. The number of aromatic nitrogens is 4. The lowest BCUT2D eigenvalue weighted by molar-refractivity contribution is 0.102. The van der Waals surface area contributed by atoms with E-state index in [1.807, 2.05) is 13.8 Å². The van der Waals surface area contributed by atoms with Gasteiger partial charge in [-0.05, 0) is 26.7 Å². The van der Waals surface area contributed by atoms with Gasteiger partial charge in [-0.3, -0.25) is 0 Å². The van der Waals surface area contributed by atoms with E-state index in [1.54, 1.807) is 4.68 Å². The van der Waals surface area contributed by atoms with Crippen LogP contribution in [-0.4, -0.2) is 31.9 Å². The average molecular weight is 278 g/mol. The number of hydrogen-bond donors (Lipinski definition) is 1. The van der Waals surface area contributed by atoms with Crippen molar-refractivity contribution in [1.29, 1.82) is 0 Å². The molecule has 0 aromatic carbocycles. The van der Waals surface area contributed by atoms with Crippen LogP contribution < -0.4 is 0 Å². The van der Waals surface area contributed by atoms with Gasteiger partial charge in [-0.15, -0.1) is 5.10 Å². The fourth-order valence-electron chi connectivity index (χ4n) is 2.61. The minimum Gasteiger partial charge on any atom is -0.390 e. The second-order valence-corrected chi connectivity index (χ2v) is 5.04. The minimum atomic E-state index is -0.128. The van der Waals surface area contributed by atoms with Crippen LogP contribution in [0.15, 0.2) is 4.52 Å². The molecule has 7 nitrogen and oxygen atoms in total. The molecule has 20 heavy (non-hydrogen) atoms. The molecule has 1 aliphatic rings. The lowest BCUT2D eigenvalue weighted by atomic mass is 10.1. The van der Waals surface area contributed by atoms with Gasteiger partial charge in [0, 0.05) is 12.2 Å². The summed E-state index contributed by atoms with van der Waals surface area (Å²) in [5.41, 5.74) is 3.30. The lowest BCUT2D eigenvalue weighted by Crippen LogP contribution is -2.12. The summed E-state index contributed by atoms with van der Waals surface area (Å²) in [6.45, 7) is 4.93. The van der Waals surface area contributed by atoms with Crippen LogP contribution in [0.1, 0.15) is 47.4 Å². The molecule has 2 aromatic rings. The molecule has 1 unspecified atom stereocenters. The average Bonchev–Trinajstić information content (AvgIpc) is 3.14. The third kappa shape index (κ3) is 2.23. The maximum Gasteiger partial charge on any atom is 0.138 e. The monoisotopic (exact) mass is 278 g/mol. The highest BCUT2D eigenvalue weighted by Crippen LogP contribution is 2.30. The van der Waals surface area contributed by atoms with Crippen LogP contribution in [0.2, 0.25) is 0 Å². The molecule has 108 valence electrons. The molecule has 0 saturated carbocycles. The Morgan fingerprint density at radius 2 is 2.25 bits per heavy atom. The Balaban J connectivity index is 1.95. The van der Waals surface area contributed by atoms with Gasteiger partial charge in [0.05, 0.1) is 24.5 Å². The quantitative estimate of drug-likeness (QED) is 0.906. The van der Waals surface area contributed by atoms with E-state index in [2.05, 4.69) is 15.5 Å². The first kappa shape index (κ1) is 13.3. The summed E-state index contributed by atoms with van der Waals surface area (Å²) in [4.78, 5) is 0. The van der Waals surface area contributed by atoms with Gasteiger partial charge in [-0.25, -0.2) is 4.68 Å². The standard InChI is InChI=1S/C13H18N4O3/c1-8-10(9(2)20-15-8)6-17-13(11(7-18)14-16-17)12-4-3-5-19-12/h12,18H,3-7H2,1-2H3. The molecule has 0 amide bonds. The van der Waals surface area contributed by atoms with Crippen molar-refractivity contribution < 1.29 is 14.4 Å². The van der Waals surface area contributed by atoms with Crippen molar-refractivity contribution in [2.24, 2.45) is 0 Å². The summed E-state index contributed by atoms with van der Waals surface area (Å²) < 4.78 is 12.7. The summed E-state index contributed by atoms with van der Waals surface area (Å²) in [7, 11) is 0. The molecule has 0 spiro atoms. The van der Waals surface area contributed by atoms with Gasteiger partial charge in [0.25, 0.3) is 0 Å². The highest BCUT2D eigenvalue weighted by atomic mass is 16.5. The molecule has 1 atom stereocenters. The van der Waals surface area contributed by atoms with E-state index in [9.17, 15) is 5.11 Å². The summed E-state index contributed by atoms with van der Waals surface area (Å²) in [5.74, 6) is 0.779. The Kier molecular flexibility index (Phi) is 3.54. The Hall–Kier alpha value is -1.73. The van der Waals surface area contributed by atoms with Crippen molar-refractivity contribution in [2.75, 3.05) is 6.61 Å². The molecule has 0 radical (unpaired) electrons. The number of ether oxygens (including phenoxy) is 1. The zero-order valence-electron chi connectivity index (χ0n) is 11.7. The first-order valence-electron chi connectivity index (χ1n) is 6.77. The van der Waals surface area contributed by atoms with Gasteiger partial charge in [0.15, 0.2) is 0 Å². The SMILES string of the molecule is Cc1noc(C)c1Cn1nnc(CO)c1C1CCCO1. The van der Waals surface area contributed by atoms with Crippen molar-refractivity contribution in [1.82, 2.24) is 20.2 Å². The number of aliphatic hydroxyl groups is 1. The van der Waals surface area contributed by atoms with E-state index in [1.165, 1.54) is 0 Å². The number of aliphatic hydroxyl groups excluding tert-OH is 1. The van der Waals surface area contributed by atoms with Gasteiger partial charge in [-0.2, -0.15) is 0 Å². The number of aryl methyl sites for hydroxylation is 2. The van der Waals surface area contributed by atoms with Crippen LogP contribution in [-0.2, 0) is 17.9 Å². The van der Waals surface area contributed by atoms with Crippen LogP contribution in [0.3, 0.4) is 0 Å². The van der Waals surface area contributed by atoms with Gasteiger partial charge < -0.3 is 14.4 Å². The molecular weight excluding hydrogens is 260 g/mol. The Morgan fingerprint density at radius 3 is 2.85 bits per heavy atom. The molecular formula is C13H18N4O3. The van der Waals surface area contributed by atoms with Crippen molar-refractivity contribution >= 4 is 0 Å². The summed E-state index contributed by atoms with van der Waals surface area (Å²) in [5, 5.41) is 21.6. The molecule has 0 aliphatic carbocycles. The molecule has 1 N–H and O–H groups in total. The Morgan fingerprint density at radius 1 is 1.40 bits per heavy atom. The largest absolute Gasteiger partial charge is 0.390 e. The van der Waals surface area contributed by atoms with E-state index >= 15 is 0 Å². The van der Waals surface area contributed by atoms with Crippen molar-refractivity contribution in [3.05, 3.63) is 28.4 Å². The molecule has 7 heteroatoms. The summed E-state index contributed by atoms with van der Waals surface area (Å²) in [6, 6.07) is 0. The first-order valence-corrected chi connectivity index (χ1v) is 6.77. The van der Waals surface area contributed by atoms with Crippen molar-refractivity contribution in [2.45, 2.75) is 45.9 Å².